The van der Waals surface area contributed by atoms with Crippen molar-refractivity contribution in [1.82, 2.24) is 25.1 Å². The van der Waals surface area contributed by atoms with E-state index in [9.17, 15) is 13.6 Å². The van der Waals surface area contributed by atoms with E-state index in [2.05, 4.69) is 20.2 Å². The second-order valence-corrected chi connectivity index (χ2v) is 8.27. The average molecular weight is 447 g/mol. The van der Waals surface area contributed by atoms with Crippen LogP contribution in [0, 0.1) is 11.6 Å². The zero-order chi connectivity index (χ0) is 22.8. The highest BCUT2D eigenvalue weighted by atomic mass is 19.1. The molecule has 4 aromatic rings. The number of hydrogen-bond donors (Lipinski definition) is 2. The summed E-state index contributed by atoms with van der Waals surface area (Å²) in [7, 11) is 0. The highest BCUT2D eigenvalue weighted by molar-refractivity contribution is 5.99. The number of piperidine rings is 1. The van der Waals surface area contributed by atoms with Gasteiger partial charge in [0.25, 0.3) is 5.91 Å². The van der Waals surface area contributed by atoms with Crippen LogP contribution < -0.4 is 0 Å². The SMILES string of the molecule is O=C(c1[nH]ncc1-c1ccc(F)cc1)N1CCCCC1Cc1ncc(-c2ccc(F)cc2)[nH]1. The van der Waals surface area contributed by atoms with Crippen LogP contribution in [0.15, 0.2) is 60.9 Å². The van der Waals surface area contributed by atoms with Crippen molar-refractivity contribution in [3.8, 4) is 22.4 Å². The Hall–Kier alpha value is -3.81. The minimum Gasteiger partial charge on any atom is -0.342 e. The third-order valence-corrected chi connectivity index (χ3v) is 6.11. The smallest absolute Gasteiger partial charge is 0.272 e. The van der Waals surface area contributed by atoms with E-state index in [1.165, 1.54) is 24.3 Å². The van der Waals surface area contributed by atoms with E-state index < -0.39 is 0 Å². The number of likely N-dealkylation sites (tertiary alicyclic amines) is 1. The van der Waals surface area contributed by atoms with Gasteiger partial charge in [0, 0.05) is 24.6 Å². The Labute approximate surface area is 189 Å². The predicted octanol–water partition coefficient (Wildman–Crippen LogP) is 4.98. The number of halogens is 2. The van der Waals surface area contributed by atoms with E-state index in [0.29, 0.717) is 24.2 Å². The lowest BCUT2D eigenvalue weighted by Gasteiger charge is -2.35. The summed E-state index contributed by atoms with van der Waals surface area (Å²) in [4.78, 5) is 23.2. The summed E-state index contributed by atoms with van der Waals surface area (Å²) in [5.74, 6) is 0.0440. The Morgan fingerprint density at radius 3 is 2.39 bits per heavy atom. The topological polar surface area (TPSA) is 77.7 Å². The molecule has 8 heteroatoms. The zero-order valence-corrected chi connectivity index (χ0v) is 17.9. The molecule has 33 heavy (non-hydrogen) atoms. The maximum Gasteiger partial charge on any atom is 0.272 e. The lowest BCUT2D eigenvalue weighted by molar-refractivity contribution is 0.0606. The highest BCUT2D eigenvalue weighted by Gasteiger charge is 2.30. The van der Waals surface area contributed by atoms with E-state index in [1.807, 2.05) is 4.90 Å². The largest absolute Gasteiger partial charge is 0.342 e. The van der Waals surface area contributed by atoms with E-state index in [0.717, 1.165) is 41.9 Å². The van der Waals surface area contributed by atoms with Gasteiger partial charge in [0.15, 0.2) is 0 Å². The summed E-state index contributed by atoms with van der Waals surface area (Å²) in [5, 5.41) is 6.92. The van der Waals surface area contributed by atoms with Crippen molar-refractivity contribution in [2.75, 3.05) is 6.54 Å². The molecule has 0 aliphatic carbocycles. The van der Waals surface area contributed by atoms with Gasteiger partial charge >= 0.3 is 0 Å². The summed E-state index contributed by atoms with van der Waals surface area (Å²) >= 11 is 0. The minimum atomic E-state index is -0.329. The first-order valence-corrected chi connectivity index (χ1v) is 11.0. The fourth-order valence-electron chi connectivity index (χ4n) is 4.39. The molecule has 1 unspecified atom stereocenters. The number of hydrogen-bond acceptors (Lipinski definition) is 3. The summed E-state index contributed by atoms with van der Waals surface area (Å²) < 4.78 is 26.6. The third kappa shape index (κ3) is 4.41. The Kier molecular flexibility index (Phi) is 5.73. The summed E-state index contributed by atoms with van der Waals surface area (Å²) in [5.41, 5.74) is 3.46. The van der Waals surface area contributed by atoms with Crippen LogP contribution in [0.3, 0.4) is 0 Å². The monoisotopic (exact) mass is 447 g/mol. The molecule has 5 rings (SSSR count). The average Bonchev–Trinajstić information content (AvgIpc) is 3.50. The van der Waals surface area contributed by atoms with Gasteiger partial charge in [-0.2, -0.15) is 5.10 Å². The number of aromatic nitrogens is 4. The van der Waals surface area contributed by atoms with Crippen molar-refractivity contribution >= 4 is 5.91 Å². The van der Waals surface area contributed by atoms with Crippen LogP contribution in [0.2, 0.25) is 0 Å². The van der Waals surface area contributed by atoms with E-state index >= 15 is 0 Å². The Morgan fingerprint density at radius 2 is 1.67 bits per heavy atom. The lowest BCUT2D eigenvalue weighted by atomic mass is 9.97. The quantitative estimate of drug-likeness (QED) is 0.453. The van der Waals surface area contributed by atoms with Crippen LogP contribution in [0.25, 0.3) is 22.4 Å². The van der Waals surface area contributed by atoms with Crippen LogP contribution in [-0.4, -0.2) is 43.6 Å². The van der Waals surface area contributed by atoms with Crippen LogP contribution in [0.4, 0.5) is 8.78 Å². The predicted molar refractivity (Wildman–Crippen MR) is 120 cm³/mol. The second-order valence-electron chi connectivity index (χ2n) is 8.27. The fourth-order valence-corrected chi connectivity index (χ4v) is 4.39. The van der Waals surface area contributed by atoms with Crippen molar-refractivity contribution in [2.45, 2.75) is 31.7 Å². The number of nitrogens with one attached hydrogen (secondary N) is 2. The number of amides is 1. The molecule has 0 radical (unpaired) electrons. The van der Waals surface area contributed by atoms with Gasteiger partial charge in [0.05, 0.1) is 18.1 Å². The van der Waals surface area contributed by atoms with Gasteiger partial charge in [0.2, 0.25) is 0 Å². The summed E-state index contributed by atoms with van der Waals surface area (Å²) in [6.45, 7) is 0.650. The maximum atomic E-state index is 13.5. The van der Waals surface area contributed by atoms with Gasteiger partial charge in [-0.3, -0.25) is 9.89 Å². The molecule has 1 fully saturated rings. The third-order valence-electron chi connectivity index (χ3n) is 6.11. The molecular formula is C25H23F2N5O. The number of H-pyrrole nitrogens is 2. The van der Waals surface area contributed by atoms with Gasteiger partial charge < -0.3 is 9.88 Å². The molecule has 0 saturated carbocycles. The Balaban J connectivity index is 1.36. The highest BCUT2D eigenvalue weighted by Crippen LogP contribution is 2.27. The van der Waals surface area contributed by atoms with Crippen molar-refractivity contribution in [2.24, 2.45) is 0 Å². The molecule has 1 aliphatic rings. The maximum absolute atomic E-state index is 13.5. The van der Waals surface area contributed by atoms with Gasteiger partial charge in [-0.05, 0) is 66.8 Å². The van der Waals surface area contributed by atoms with Crippen molar-refractivity contribution in [1.29, 1.82) is 0 Å². The second kappa shape index (κ2) is 8.97. The Morgan fingerprint density at radius 1 is 0.970 bits per heavy atom. The molecule has 1 amide bonds. The molecule has 2 N–H and O–H groups in total. The first-order valence-electron chi connectivity index (χ1n) is 11.0. The van der Waals surface area contributed by atoms with Gasteiger partial charge in [0.1, 0.15) is 23.2 Å². The van der Waals surface area contributed by atoms with Crippen molar-refractivity contribution in [3.05, 3.63) is 84.1 Å². The van der Waals surface area contributed by atoms with Crippen molar-refractivity contribution < 1.29 is 13.6 Å². The van der Waals surface area contributed by atoms with Crippen molar-refractivity contribution in [3.63, 3.8) is 0 Å². The van der Waals surface area contributed by atoms with Gasteiger partial charge in [-0.15, -0.1) is 0 Å². The number of carbonyl (C=O) groups is 1. The summed E-state index contributed by atoms with van der Waals surface area (Å²) in [6, 6.07) is 12.3. The van der Waals surface area contributed by atoms with E-state index in [1.54, 1.807) is 36.7 Å². The molecular weight excluding hydrogens is 424 g/mol. The van der Waals surface area contributed by atoms with Crippen LogP contribution in [0.5, 0.6) is 0 Å². The van der Waals surface area contributed by atoms with Crippen LogP contribution >= 0.6 is 0 Å². The molecule has 3 heterocycles. The number of benzene rings is 2. The summed E-state index contributed by atoms with van der Waals surface area (Å²) in [6.07, 6.45) is 6.76. The molecule has 1 atom stereocenters. The number of nitrogens with zero attached hydrogens (tertiary/aromatic N) is 3. The van der Waals surface area contributed by atoms with Crippen LogP contribution in [-0.2, 0) is 6.42 Å². The lowest BCUT2D eigenvalue weighted by Crippen LogP contribution is -2.45. The standard InChI is InChI=1S/C25H23F2N5O/c26-18-8-4-16(5-9-18)21-14-29-31-24(21)25(33)32-12-2-1-3-20(32)13-23-28-15-22(30-23)17-6-10-19(27)11-7-17/h4-11,14-15,20H,1-3,12-13H2,(H,28,30)(H,29,31). The number of carbonyl (C=O) groups excluding carboxylic acids is 1. The molecule has 2 aromatic carbocycles. The molecule has 1 aliphatic heterocycles. The molecule has 0 bridgehead atoms. The number of rotatable bonds is 5. The van der Waals surface area contributed by atoms with E-state index in [4.69, 9.17) is 0 Å². The zero-order valence-electron chi connectivity index (χ0n) is 17.9. The molecule has 168 valence electrons. The minimum absolute atomic E-state index is 0.0113. The van der Waals surface area contributed by atoms with Crippen LogP contribution in [0.1, 0.15) is 35.6 Å². The first-order chi connectivity index (χ1) is 16.1. The van der Waals surface area contributed by atoms with Gasteiger partial charge in [-0.25, -0.2) is 13.8 Å². The normalized spacial score (nSPS) is 16.2. The molecule has 1 saturated heterocycles. The Bertz CT molecular complexity index is 1250. The van der Waals surface area contributed by atoms with Gasteiger partial charge in [-0.1, -0.05) is 12.1 Å². The van der Waals surface area contributed by atoms with E-state index in [-0.39, 0.29) is 23.6 Å². The number of imidazole rings is 1. The fraction of sp³-hybridized carbons (Fsp3) is 0.240. The molecule has 2 aromatic heterocycles. The number of aromatic amines is 2. The first kappa shape index (κ1) is 21.1. The molecule has 6 nitrogen and oxygen atoms in total. The molecule has 0 spiro atoms.